The average molecular weight is 195 g/mol. The first kappa shape index (κ1) is 9.43. The van der Waals surface area contributed by atoms with Gasteiger partial charge in [-0.1, -0.05) is 24.9 Å². The fourth-order valence-electron chi connectivity index (χ4n) is 2.31. The first-order chi connectivity index (χ1) is 6.75. The summed E-state index contributed by atoms with van der Waals surface area (Å²) in [5.74, 6) is 1.97. The lowest BCUT2D eigenvalue weighted by molar-refractivity contribution is 0.250. The van der Waals surface area contributed by atoms with Gasteiger partial charge in [-0.25, -0.2) is 4.68 Å². The van der Waals surface area contributed by atoms with Gasteiger partial charge in [0.05, 0.1) is 0 Å². The molecule has 1 saturated carbocycles. The van der Waals surface area contributed by atoms with Crippen molar-refractivity contribution < 1.29 is 0 Å². The van der Waals surface area contributed by atoms with Crippen molar-refractivity contribution in [3.8, 4) is 0 Å². The summed E-state index contributed by atoms with van der Waals surface area (Å²) < 4.78 is 1.71. The molecule has 2 N–H and O–H groups in total. The number of nitrogens with zero attached hydrogens (tertiary/aromatic N) is 4. The quantitative estimate of drug-likeness (QED) is 0.766. The van der Waals surface area contributed by atoms with E-state index in [1.807, 2.05) is 0 Å². The molecule has 1 aliphatic carbocycles. The Morgan fingerprint density at radius 2 is 2.36 bits per heavy atom. The van der Waals surface area contributed by atoms with Crippen molar-refractivity contribution in [3.63, 3.8) is 0 Å². The van der Waals surface area contributed by atoms with E-state index in [1.54, 1.807) is 4.68 Å². The third-order valence-electron chi connectivity index (χ3n) is 3.04. The van der Waals surface area contributed by atoms with E-state index < -0.39 is 0 Å². The van der Waals surface area contributed by atoms with Crippen LogP contribution in [-0.2, 0) is 6.54 Å². The van der Waals surface area contributed by atoms with Crippen molar-refractivity contribution >= 4 is 5.95 Å². The van der Waals surface area contributed by atoms with Crippen LogP contribution >= 0.6 is 0 Å². The molecule has 0 radical (unpaired) electrons. The summed E-state index contributed by atoms with van der Waals surface area (Å²) in [6.07, 6.45) is 5.25. The Morgan fingerprint density at radius 3 is 3.00 bits per heavy atom. The number of tetrazole rings is 1. The minimum absolute atomic E-state index is 0.434. The summed E-state index contributed by atoms with van der Waals surface area (Å²) in [5.41, 5.74) is 5.62. The first-order valence-corrected chi connectivity index (χ1v) is 5.27. The summed E-state index contributed by atoms with van der Waals surface area (Å²) >= 11 is 0. The van der Waals surface area contributed by atoms with Gasteiger partial charge >= 0.3 is 0 Å². The summed E-state index contributed by atoms with van der Waals surface area (Å²) in [7, 11) is 0. The van der Waals surface area contributed by atoms with Crippen LogP contribution in [-0.4, -0.2) is 20.2 Å². The van der Waals surface area contributed by atoms with Gasteiger partial charge in [-0.3, -0.25) is 0 Å². The number of hydrogen-bond donors (Lipinski definition) is 1. The Bertz CT molecular complexity index is 295. The molecule has 2 atom stereocenters. The van der Waals surface area contributed by atoms with Crippen LogP contribution in [0.3, 0.4) is 0 Å². The first-order valence-electron chi connectivity index (χ1n) is 5.27. The van der Waals surface area contributed by atoms with E-state index in [0.717, 1.165) is 12.5 Å². The Labute approximate surface area is 83.7 Å². The zero-order valence-corrected chi connectivity index (χ0v) is 8.56. The summed E-state index contributed by atoms with van der Waals surface area (Å²) in [5, 5.41) is 11.1. The van der Waals surface area contributed by atoms with Gasteiger partial charge in [0.2, 0.25) is 5.95 Å². The monoisotopic (exact) mass is 195 g/mol. The number of nitrogens with two attached hydrogens (primary N) is 1. The van der Waals surface area contributed by atoms with Crippen LogP contribution in [0.4, 0.5) is 5.95 Å². The lowest BCUT2D eigenvalue weighted by Crippen LogP contribution is -2.20. The number of hydrogen-bond acceptors (Lipinski definition) is 4. The second-order valence-electron chi connectivity index (χ2n) is 4.36. The molecule has 1 aromatic rings. The zero-order chi connectivity index (χ0) is 9.97. The van der Waals surface area contributed by atoms with Crippen molar-refractivity contribution in [2.24, 2.45) is 11.8 Å². The normalized spacial score (nSPS) is 27.8. The van der Waals surface area contributed by atoms with Gasteiger partial charge in [-0.05, 0) is 35.1 Å². The van der Waals surface area contributed by atoms with Gasteiger partial charge in [0, 0.05) is 6.54 Å². The Balaban J connectivity index is 1.94. The topological polar surface area (TPSA) is 69.6 Å². The van der Waals surface area contributed by atoms with Gasteiger partial charge in [-0.15, -0.1) is 0 Å². The minimum Gasteiger partial charge on any atom is -0.367 e. The van der Waals surface area contributed by atoms with Crippen LogP contribution in [0.5, 0.6) is 0 Å². The Kier molecular flexibility index (Phi) is 2.65. The molecule has 2 unspecified atom stereocenters. The van der Waals surface area contributed by atoms with Crippen molar-refractivity contribution in [2.75, 3.05) is 5.73 Å². The van der Waals surface area contributed by atoms with Gasteiger partial charge in [-0.2, -0.15) is 0 Å². The van der Waals surface area contributed by atoms with Gasteiger partial charge in [0.25, 0.3) is 0 Å². The molecule has 1 fully saturated rings. The molecule has 14 heavy (non-hydrogen) atoms. The van der Waals surface area contributed by atoms with E-state index in [4.69, 9.17) is 5.73 Å². The second-order valence-corrected chi connectivity index (χ2v) is 4.36. The van der Waals surface area contributed by atoms with Crippen molar-refractivity contribution in [1.29, 1.82) is 0 Å². The standard InChI is InChI=1S/C9H17N5/c1-7-3-2-4-8(5-7)6-14-9(10)11-12-13-14/h7-8H,2-6H2,1H3,(H2,10,11,13). The minimum atomic E-state index is 0.434. The zero-order valence-electron chi connectivity index (χ0n) is 8.56. The fraction of sp³-hybridized carbons (Fsp3) is 0.889. The molecule has 1 aromatic heterocycles. The van der Waals surface area contributed by atoms with Crippen LogP contribution in [0.25, 0.3) is 0 Å². The Morgan fingerprint density at radius 1 is 1.50 bits per heavy atom. The summed E-state index contributed by atoms with van der Waals surface area (Å²) in [6.45, 7) is 3.19. The third-order valence-corrected chi connectivity index (χ3v) is 3.04. The molecule has 1 aliphatic rings. The van der Waals surface area contributed by atoms with E-state index in [0.29, 0.717) is 11.9 Å². The highest BCUT2D eigenvalue weighted by molar-refractivity contribution is 5.09. The van der Waals surface area contributed by atoms with Crippen molar-refractivity contribution in [3.05, 3.63) is 0 Å². The second kappa shape index (κ2) is 3.94. The Hall–Kier alpha value is -1.13. The summed E-state index contributed by atoms with van der Waals surface area (Å²) in [4.78, 5) is 0. The lowest BCUT2D eigenvalue weighted by Gasteiger charge is -2.26. The SMILES string of the molecule is CC1CCCC(Cn2nnnc2N)C1. The molecular formula is C9H17N5. The van der Waals surface area contributed by atoms with Gasteiger partial charge in [0.1, 0.15) is 0 Å². The molecule has 0 spiro atoms. The van der Waals surface area contributed by atoms with Crippen LogP contribution in [0.2, 0.25) is 0 Å². The van der Waals surface area contributed by atoms with E-state index in [9.17, 15) is 0 Å². The van der Waals surface area contributed by atoms with Crippen molar-refractivity contribution in [1.82, 2.24) is 20.2 Å². The third kappa shape index (κ3) is 2.02. The van der Waals surface area contributed by atoms with Crippen LogP contribution in [0.15, 0.2) is 0 Å². The van der Waals surface area contributed by atoms with Crippen LogP contribution in [0, 0.1) is 11.8 Å². The molecule has 0 aromatic carbocycles. The number of rotatable bonds is 2. The van der Waals surface area contributed by atoms with Gasteiger partial charge in [0.15, 0.2) is 0 Å². The predicted octanol–water partition coefficient (Wildman–Crippen LogP) is 1.08. The molecule has 0 amide bonds. The maximum absolute atomic E-state index is 5.62. The van der Waals surface area contributed by atoms with Gasteiger partial charge < -0.3 is 5.73 Å². The van der Waals surface area contributed by atoms with Crippen LogP contribution < -0.4 is 5.73 Å². The molecule has 0 saturated heterocycles. The van der Waals surface area contributed by atoms with E-state index in [2.05, 4.69) is 22.4 Å². The van der Waals surface area contributed by atoms with Crippen molar-refractivity contribution in [2.45, 2.75) is 39.2 Å². The highest BCUT2D eigenvalue weighted by Gasteiger charge is 2.20. The maximum atomic E-state index is 5.62. The highest BCUT2D eigenvalue weighted by Crippen LogP contribution is 2.29. The van der Waals surface area contributed by atoms with E-state index in [-0.39, 0.29) is 0 Å². The lowest BCUT2D eigenvalue weighted by atomic mass is 9.82. The number of aromatic nitrogens is 4. The van der Waals surface area contributed by atoms with Crippen LogP contribution in [0.1, 0.15) is 32.6 Å². The highest BCUT2D eigenvalue weighted by atomic mass is 15.6. The predicted molar refractivity (Wildman–Crippen MR) is 53.4 cm³/mol. The maximum Gasteiger partial charge on any atom is 0.240 e. The van der Waals surface area contributed by atoms with E-state index in [1.165, 1.54) is 25.7 Å². The number of anilines is 1. The molecule has 78 valence electrons. The average Bonchev–Trinajstić information content (AvgIpc) is 2.52. The molecule has 0 aliphatic heterocycles. The molecular weight excluding hydrogens is 178 g/mol. The number of nitrogen functional groups attached to an aromatic ring is 1. The summed E-state index contributed by atoms with van der Waals surface area (Å²) in [6, 6.07) is 0. The molecule has 2 rings (SSSR count). The largest absolute Gasteiger partial charge is 0.367 e. The van der Waals surface area contributed by atoms with E-state index >= 15 is 0 Å². The fourth-order valence-corrected chi connectivity index (χ4v) is 2.31. The smallest absolute Gasteiger partial charge is 0.240 e. The molecule has 1 heterocycles. The molecule has 5 heteroatoms. The molecule has 5 nitrogen and oxygen atoms in total. The molecule has 0 bridgehead atoms.